The lowest BCUT2D eigenvalue weighted by Crippen LogP contribution is -1.88. The first-order valence-corrected chi connectivity index (χ1v) is 4.87. The highest BCUT2D eigenvalue weighted by Crippen LogP contribution is 2.24. The zero-order valence-corrected chi connectivity index (χ0v) is 7.76. The second-order valence-corrected chi connectivity index (χ2v) is 3.29. The highest BCUT2D eigenvalue weighted by molar-refractivity contribution is 9.08. The third-order valence-electron chi connectivity index (χ3n) is 2.07. The summed E-state index contributed by atoms with van der Waals surface area (Å²) in [5, 5.41) is 0.970. The molecule has 0 N–H and O–H groups in total. The smallest absolute Gasteiger partial charge is 0.0286 e. The normalized spacial score (nSPS) is 13.5. The highest BCUT2D eigenvalue weighted by atomic mass is 79.9. The third kappa shape index (κ3) is 1.14. The molecule has 1 aromatic carbocycles. The van der Waals surface area contributed by atoms with Gasteiger partial charge in [-0.15, -0.1) is 0 Å². The lowest BCUT2D eigenvalue weighted by Gasteiger charge is -2.03. The fourth-order valence-electron chi connectivity index (χ4n) is 1.49. The summed E-state index contributed by atoms with van der Waals surface area (Å²) in [5.41, 5.74) is 4.30. The maximum absolute atomic E-state index is 3.48. The van der Waals surface area contributed by atoms with Gasteiger partial charge in [-0.1, -0.05) is 46.3 Å². The van der Waals surface area contributed by atoms with Gasteiger partial charge in [-0.3, -0.25) is 0 Å². The van der Waals surface area contributed by atoms with Crippen LogP contribution in [-0.4, -0.2) is 0 Å². The monoisotopic (exact) mass is 208 g/mol. The Hall–Kier alpha value is -0.560. The molecular weight excluding hydrogens is 200 g/mol. The molecule has 0 saturated heterocycles. The topological polar surface area (TPSA) is 0 Å². The number of benzene rings is 1. The van der Waals surface area contributed by atoms with Gasteiger partial charge in [0.2, 0.25) is 0 Å². The van der Waals surface area contributed by atoms with Crippen molar-refractivity contribution < 1.29 is 0 Å². The first-order valence-electron chi connectivity index (χ1n) is 3.75. The van der Waals surface area contributed by atoms with E-state index in [2.05, 4.69) is 46.3 Å². The molecule has 0 bridgehead atoms. The number of alkyl halides is 1. The Morgan fingerprint density at radius 1 is 1.36 bits per heavy atom. The summed E-state index contributed by atoms with van der Waals surface area (Å²) in [6.45, 7) is 0. The zero-order chi connectivity index (χ0) is 7.68. The predicted molar refractivity (Wildman–Crippen MR) is 51.8 cm³/mol. The van der Waals surface area contributed by atoms with Crippen LogP contribution in [0.25, 0.3) is 6.08 Å². The second-order valence-electron chi connectivity index (χ2n) is 2.73. The van der Waals surface area contributed by atoms with Crippen molar-refractivity contribution in [2.75, 3.05) is 0 Å². The summed E-state index contributed by atoms with van der Waals surface area (Å²) >= 11 is 3.48. The van der Waals surface area contributed by atoms with Crippen molar-refractivity contribution in [3.63, 3.8) is 0 Å². The summed E-state index contributed by atoms with van der Waals surface area (Å²) in [5.74, 6) is 0. The fourth-order valence-corrected chi connectivity index (χ4v) is 2.01. The molecule has 0 aromatic heterocycles. The van der Waals surface area contributed by atoms with E-state index in [1.54, 1.807) is 0 Å². The van der Waals surface area contributed by atoms with Crippen LogP contribution in [0.1, 0.15) is 16.7 Å². The number of hydrogen-bond donors (Lipinski definition) is 0. The third-order valence-corrected chi connectivity index (χ3v) is 2.68. The van der Waals surface area contributed by atoms with Crippen molar-refractivity contribution >= 4 is 22.0 Å². The van der Waals surface area contributed by atoms with E-state index in [-0.39, 0.29) is 0 Å². The van der Waals surface area contributed by atoms with Crippen LogP contribution in [0.15, 0.2) is 24.3 Å². The second kappa shape index (κ2) is 2.82. The Labute approximate surface area is 75.1 Å². The van der Waals surface area contributed by atoms with E-state index < -0.39 is 0 Å². The quantitative estimate of drug-likeness (QED) is 0.623. The van der Waals surface area contributed by atoms with Gasteiger partial charge in [0.1, 0.15) is 0 Å². The molecule has 1 aliphatic carbocycles. The SMILES string of the molecule is BrCc1cccc2c1CC=C2. The molecule has 2 rings (SSSR count). The molecule has 0 nitrogen and oxygen atoms in total. The number of hydrogen-bond acceptors (Lipinski definition) is 0. The molecule has 1 heteroatoms. The first-order chi connectivity index (χ1) is 5.42. The molecule has 0 atom stereocenters. The van der Waals surface area contributed by atoms with Crippen LogP contribution in [0.5, 0.6) is 0 Å². The highest BCUT2D eigenvalue weighted by Gasteiger charge is 2.07. The van der Waals surface area contributed by atoms with Crippen molar-refractivity contribution in [3.8, 4) is 0 Å². The Bertz CT molecular complexity index is 300. The van der Waals surface area contributed by atoms with E-state index in [4.69, 9.17) is 0 Å². The molecule has 56 valence electrons. The maximum Gasteiger partial charge on any atom is 0.0286 e. The van der Waals surface area contributed by atoms with Crippen LogP contribution in [0, 0.1) is 0 Å². The standard InChI is InChI=1S/C10H9Br/c11-7-9-5-1-3-8-4-2-6-10(8)9/h1-5H,6-7H2. The van der Waals surface area contributed by atoms with Crippen LogP contribution in [0.3, 0.4) is 0 Å². The van der Waals surface area contributed by atoms with E-state index >= 15 is 0 Å². The van der Waals surface area contributed by atoms with Crippen molar-refractivity contribution in [2.45, 2.75) is 11.8 Å². The Morgan fingerprint density at radius 2 is 2.27 bits per heavy atom. The van der Waals surface area contributed by atoms with Crippen LogP contribution in [-0.2, 0) is 11.8 Å². The molecule has 1 aliphatic rings. The minimum absolute atomic E-state index is 0.970. The van der Waals surface area contributed by atoms with Gasteiger partial charge in [-0.2, -0.15) is 0 Å². The minimum atomic E-state index is 0.970. The van der Waals surface area contributed by atoms with Gasteiger partial charge in [0.05, 0.1) is 0 Å². The Kier molecular flexibility index (Phi) is 1.82. The summed E-state index contributed by atoms with van der Waals surface area (Å²) < 4.78 is 0. The van der Waals surface area contributed by atoms with E-state index in [0.29, 0.717) is 0 Å². The van der Waals surface area contributed by atoms with Crippen molar-refractivity contribution in [1.82, 2.24) is 0 Å². The Balaban J connectivity index is 2.55. The molecule has 0 saturated carbocycles. The summed E-state index contributed by atoms with van der Waals surface area (Å²) in [7, 11) is 0. The van der Waals surface area contributed by atoms with Gasteiger partial charge in [0.15, 0.2) is 0 Å². The van der Waals surface area contributed by atoms with E-state index in [0.717, 1.165) is 11.8 Å². The van der Waals surface area contributed by atoms with Gasteiger partial charge in [-0.25, -0.2) is 0 Å². The predicted octanol–water partition coefficient (Wildman–Crippen LogP) is 3.15. The van der Waals surface area contributed by atoms with Gasteiger partial charge < -0.3 is 0 Å². The van der Waals surface area contributed by atoms with E-state index in [1.165, 1.54) is 16.7 Å². The number of rotatable bonds is 1. The molecule has 11 heavy (non-hydrogen) atoms. The van der Waals surface area contributed by atoms with Gasteiger partial charge in [0, 0.05) is 5.33 Å². The molecule has 0 fully saturated rings. The fraction of sp³-hybridized carbons (Fsp3) is 0.200. The number of halogens is 1. The molecular formula is C10H9Br. The lowest BCUT2D eigenvalue weighted by molar-refractivity contribution is 1.23. The summed E-state index contributed by atoms with van der Waals surface area (Å²) in [4.78, 5) is 0. The molecule has 0 unspecified atom stereocenters. The largest absolute Gasteiger partial charge is 0.0876 e. The summed E-state index contributed by atoms with van der Waals surface area (Å²) in [6.07, 6.45) is 5.52. The molecule has 0 amide bonds. The average molecular weight is 209 g/mol. The number of fused-ring (bicyclic) bond motifs is 1. The van der Waals surface area contributed by atoms with Gasteiger partial charge >= 0.3 is 0 Å². The minimum Gasteiger partial charge on any atom is -0.0876 e. The van der Waals surface area contributed by atoms with Crippen molar-refractivity contribution in [2.24, 2.45) is 0 Å². The zero-order valence-electron chi connectivity index (χ0n) is 6.18. The van der Waals surface area contributed by atoms with Gasteiger partial charge in [0.25, 0.3) is 0 Å². The molecule has 0 aliphatic heterocycles. The van der Waals surface area contributed by atoms with Crippen LogP contribution >= 0.6 is 15.9 Å². The average Bonchev–Trinajstić information content (AvgIpc) is 2.50. The van der Waals surface area contributed by atoms with Crippen molar-refractivity contribution in [1.29, 1.82) is 0 Å². The van der Waals surface area contributed by atoms with E-state index in [1.807, 2.05) is 0 Å². The maximum atomic E-state index is 3.48. The van der Waals surface area contributed by atoms with Crippen LogP contribution < -0.4 is 0 Å². The molecule has 0 radical (unpaired) electrons. The van der Waals surface area contributed by atoms with Crippen LogP contribution in [0.2, 0.25) is 0 Å². The molecule has 1 aromatic rings. The van der Waals surface area contributed by atoms with Crippen molar-refractivity contribution in [3.05, 3.63) is 41.0 Å². The van der Waals surface area contributed by atoms with Crippen LogP contribution in [0.4, 0.5) is 0 Å². The van der Waals surface area contributed by atoms with E-state index in [9.17, 15) is 0 Å². The Morgan fingerprint density at radius 3 is 3.09 bits per heavy atom. The molecule has 0 heterocycles. The van der Waals surface area contributed by atoms with Gasteiger partial charge in [-0.05, 0) is 23.1 Å². The molecule has 0 spiro atoms. The number of allylic oxidation sites excluding steroid dienone is 1. The lowest BCUT2D eigenvalue weighted by atomic mass is 10.0. The summed E-state index contributed by atoms with van der Waals surface area (Å²) in [6, 6.07) is 6.47. The first kappa shape index (κ1) is 7.11.